The Morgan fingerprint density at radius 1 is 1.21 bits per heavy atom. The van der Waals surface area contributed by atoms with Gasteiger partial charge >= 0.3 is 5.97 Å². The van der Waals surface area contributed by atoms with Crippen LogP contribution in [0.1, 0.15) is 40.2 Å². The molecule has 0 amide bonds. The van der Waals surface area contributed by atoms with Gasteiger partial charge in [0.15, 0.2) is 0 Å². The molecule has 0 saturated heterocycles. The van der Waals surface area contributed by atoms with Crippen molar-refractivity contribution in [2.45, 2.75) is 40.0 Å². The second kappa shape index (κ2) is 6.09. The maximum atomic E-state index is 11.5. The van der Waals surface area contributed by atoms with Crippen LogP contribution in [0.2, 0.25) is 0 Å². The lowest BCUT2D eigenvalue weighted by Crippen LogP contribution is -2.37. The second-order valence-electron chi connectivity index (χ2n) is 5.89. The molecule has 0 heterocycles. The Labute approximate surface area is 115 Å². The van der Waals surface area contributed by atoms with Crippen molar-refractivity contribution in [2.24, 2.45) is 11.8 Å². The number of hydrogen-bond acceptors (Lipinski definition) is 2. The van der Waals surface area contributed by atoms with E-state index in [-0.39, 0.29) is 5.92 Å². The van der Waals surface area contributed by atoms with Crippen molar-refractivity contribution in [3.8, 4) is 5.75 Å². The molecule has 3 heteroatoms. The predicted molar refractivity (Wildman–Crippen MR) is 76.6 cm³/mol. The van der Waals surface area contributed by atoms with Crippen LogP contribution in [0.15, 0.2) is 24.3 Å². The lowest BCUT2D eigenvalue weighted by molar-refractivity contribution is -0.145. The SMILES string of the molecule is CC(C)COc1ccc(C(C)(C(=O)O)C(C)C)cc1. The summed E-state index contributed by atoms with van der Waals surface area (Å²) in [5.74, 6) is 0.486. The Morgan fingerprint density at radius 3 is 2.11 bits per heavy atom. The maximum Gasteiger partial charge on any atom is 0.314 e. The van der Waals surface area contributed by atoms with Crippen molar-refractivity contribution in [3.63, 3.8) is 0 Å². The molecule has 1 aromatic carbocycles. The van der Waals surface area contributed by atoms with E-state index in [4.69, 9.17) is 4.74 Å². The van der Waals surface area contributed by atoms with E-state index >= 15 is 0 Å². The molecule has 0 spiro atoms. The van der Waals surface area contributed by atoms with Crippen molar-refractivity contribution in [3.05, 3.63) is 29.8 Å². The maximum absolute atomic E-state index is 11.5. The van der Waals surface area contributed by atoms with Crippen molar-refractivity contribution in [1.82, 2.24) is 0 Å². The van der Waals surface area contributed by atoms with Gasteiger partial charge in [-0.05, 0) is 36.5 Å². The molecule has 1 aromatic rings. The van der Waals surface area contributed by atoms with Crippen LogP contribution in [0.3, 0.4) is 0 Å². The van der Waals surface area contributed by atoms with Gasteiger partial charge in [-0.3, -0.25) is 4.79 Å². The third-order valence-corrected chi connectivity index (χ3v) is 3.64. The summed E-state index contributed by atoms with van der Waals surface area (Å²) < 4.78 is 5.61. The van der Waals surface area contributed by atoms with Crippen molar-refractivity contribution in [1.29, 1.82) is 0 Å². The Morgan fingerprint density at radius 2 is 1.74 bits per heavy atom. The molecule has 1 rings (SSSR count). The van der Waals surface area contributed by atoms with E-state index in [2.05, 4.69) is 13.8 Å². The fourth-order valence-corrected chi connectivity index (χ4v) is 1.86. The number of aliphatic carboxylic acids is 1. The first-order valence-corrected chi connectivity index (χ1v) is 6.75. The lowest BCUT2D eigenvalue weighted by atomic mass is 9.73. The number of benzene rings is 1. The van der Waals surface area contributed by atoms with Crippen LogP contribution in [-0.2, 0) is 10.2 Å². The molecule has 1 N–H and O–H groups in total. The van der Waals surface area contributed by atoms with E-state index in [0.29, 0.717) is 12.5 Å². The highest BCUT2D eigenvalue weighted by Crippen LogP contribution is 2.33. The number of carbonyl (C=O) groups is 1. The van der Waals surface area contributed by atoms with E-state index in [9.17, 15) is 9.90 Å². The van der Waals surface area contributed by atoms with Crippen LogP contribution in [-0.4, -0.2) is 17.7 Å². The van der Waals surface area contributed by atoms with E-state index in [0.717, 1.165) is 11.3 Å². The average molecular weight is 264 g/mol. The average Bonchev–Trinajstić information content (AvgIpc) is 2.35. The molecule has 3 nitrogen and oxygen atoms in total. The Bertz CT molecular complexity index is 420. The summed E-state index contributed by atoms with van der Waals surface area (Å²) in [5.41, 5.74) is -0.0526. The van der Waals surface area contributed by atoms with Gasteiger partial charge in [0.2, 0.25) is 0 Å². The third-order valence-electron chi connectivity index (χ3n) is 3.64. The molecule has 0 saturated carbocycles. The molecule has 0 aliphatic heterocycles. The summed E-state index contributed by atoms with van der Waals surface area (Å²) in [5, 5.41) is 9.47. The van der Waals surface area contributed by atoms with Crippen molar-refractivity contribution < 1.29 is 14.6 Å². The first-order valence-electron chi connectivity index (χ1n) is 6.75. The van der Waals surface area contributed by atoms with E-state index in [1.54, 1.807) is 6.92 Å². The number of ether oxygens (including phenoxy) is 1. The van der Waals surface area contributed by atoms with Crippen LogP contribution in [0, 0.1) is 11.8 Å². The van der Waals surface area contributed by atoms with Crippen LogP contribution < -0.4 is 4.74 Å². The van der Waals surface area contributed by atoms with E-state index in [1.165, 1.54) is 0 Å². The molecule has 19 heavy (non-hydrogen) atoms. The minimum Gasteiger partial charge on any atom is -0.493 e. The topological polar surface area (TPSA) is 46.5 Å². The van der Waals surface area contributed by atoms with Gasteiger partial charge in [0.1, 0.15) is 5.75 Å². The number of carboxylic acids is 1. The summed E-state index contributed by atoms with van der Waals surface area (Å²) in [6.07, 6.45) is 0. The van der Waals surface area contributed by atoms with Crippen molar-refractivity contribution in [2.75, 3.05) is 6.61 Å². The largest absolute Gasteiger partial charge is 0.493 e. The first kappa shape index (κ1) is 15.5. The molecule has 1 unspecified atom stereocenters. The monoisotopic (exact) mass is 264 g/mol. The molecular weight excluding hydrogens is 240 g/mol. The molecular formula is C16H24O3. The van der Waals surface area contributed by atoms with E-state index < -0.39 is 11.4 Å². The molecule has 0 aliphatic carbocycles. The molecule has 1 atom stereocenters. The minimum absolute atomic E-state index is 0.0208. The molecule has 0 radical (unpaired) electrons. The predicted octanol–water partition coefficient (Wildman–Crippen LogP) is 3.72. The molecule has 0 bridgehead atoms. The summed E-state index contributed by atoms with van der Waals surface area (Å²) in [7, 11) is 0. The summed E-state index contributed by atoms with van der Waals surface area (Å²) >= 11 is 0. The number of carboxylic acid groups (broad SMARTS) is 1. The van der Waals surface area contributed by atoms with Gasteiger partial charge in [0.05, 0.1) is 12.0 Å². The zero-order chi connectivity index (χ0) is 14.6. The van der Waals surface area contributed by atoms with Gasteiger partial charge in [-0.25, -0.2) is 0 Å². The van der Waals surface area contributed by atoms with Crippen LogP contribution >= 0.6 is 0 Å². The Hall–Kier alpha value is -1.51. The normalized spacial score (nSPS) is 14.5. The van der Waals surface area contributed by atoms with Gasteiger partial charge in [0.25, 0.3) is 0 Å². The van der Waals surface area contributed by atoms with E-state index in [1.807, 2.05) is 38.1 Å². The van der Waals surface area contributed by atoms with Gasteiger partial charge < -0.3 is 9.84 Å². The van der Waals surface area contributed by atoms with Crippen LogP contribution in [0.25, 0.3) is 0 Å². The highest BCUT2D eigenvalue weighted by atomic mass is 16.5. The summed E-state index contributed by atoms with van der Waals surface area (Å²) in [6, 6.07) is 7.40. The highest BCUT2D eigenvalue weighted by molar-refractivity contribution is 5.81. The van der Waals surface area contributed by atoms with Crippen LogP contribution in [0.4, 0.5) is 0 Å². The molecule has 0 aliphatic rings. The van der Waals surface area contributed by atoms with Gasteiger partial charge in [-0.15, -0.1) is 0 Å². The second-order valence-corrected chi connectivity index (χ2v) is 5.89. The van der Waals surface area contributed by atoms with Crippen LogP contribution in [0.5, 0.6) is 5.75 Å². The van der Waals surface area contributed by atoms with Gasteiger partial charge in [-0.1, -0.05) is 39.8 Å². The standard InChI is InChI=1S/C16H24O3/c1-11(2)10-19-14-8-6-13(7-9-14)16(5,12(3)4)15(17)18/h6-9,11-12H,10H2,1-5H3,(H,17,18). The number of rotatable bonds is 6. The third kappa shape index (κ3) is 3.49. The molecule has 0 fully saturated rings. The smallest absolute Gasteiger partial charge is 0.314 e. The van der Waals surface area contributed by atoms with Gasteiger partial charge in [-0.2, -0.15) is 0 Å². The fourth-order valence-electron chi connectivity index (χ4n) is 1.86. The Kier molecular flexibility index (Phi) is 4.98. The molecule has 0 aromatic heterocycles. The quantitative estimate of drug-likeness (QED) is 0.851. The van der Waals surface area contributed by atoms with Gasteiger partial charge in [0, 0.05) is 0 Å². The fraction of sp³-hybridized carbons (Fsp3) is 0.562. The zero-order valence-electron chi connectivity index (χ0n) is 12.4. The molecule has 106 valence electrons. The highest BCUT2D eigenvalue weighted by Gasteiger charge is 2.38. The Balaban J connectivity index is 2.94. The zero-order valence-corrected chi connectivity index (χ0v) is 12.4. The lowest BCUT2D eigenvalue weighted by Gasteiger charge is -2.29. The summed E-state index contributed by atoms with van der Waals surface area (Å²) in [4.78, 5) is 11.5. The first-order chi connectivity index (χ1) is 8.78. The summed E-state index contributed by atoms with van der Waals surface area (Å²) in [6.45, 7) is 10.5. The van der Waals surface area contributed by atoms with Crippen molar-refractivity contribution >= 4 is 5.97 Å². The minimum atomic E-state index is -0.865. The number of hydrogen-bond donors (Lipinski definition) is 1.